The van der Waals surface area contributed by atoms with Crippen LogP contribution in [0.4, 0.5) is 11.6 Å². The van der Waals surface area contributed by atoms with Crippen LogP contribution in [0.25, 0.3) is 0 Å². The van der Waals surface area contributed by atoms with Gasteiger partial charge in [-0.1, -0.05) is 35.9 Å². The lowest BCUT2D eigenvalue weighted by molar-refractivity contribution is -0.132. The molecular formula is C25H28ClN5O. The molecule has 1 saturated heterocycles. The van der Waals surface area contributed by atoms with E-state index in [1.54, 1.807) is 0 Å². The average Bonchev–Trinajstić information content (AvgIpc) is 2.79. The van der Waals surface area contributed by atoms with Gasteiger partial charge in [0.1, 0.15) is 0 Å². The number of nitrogens with one attached hydrogen (secondary N) is 1. The van der Waals surface area contributed by atoms with Crippen molar-refractivity contribution < 1.29 is 4.79 Å². The molecule has 0 bridgehead atoms. The molecule has 0 aliphatic carbocycles. The highest BCUT2D eigenvalue weighted by molar-refractivity contribution is 6.30. The molecule has 1 amide bonds. The van der Waals surface area contributed by atoms with Gasteiger partial charge >= 0.3 is 0 Å². The minimum atomic E-state index is 0.188. The van der Waals surface area contributed by atoms with Crippen LogP contribution in [0.15, 0.2) is 54.7 Å². The number of aromatic nitrogens is 2. The Morgan fingerprint density at radius 3 is 2.34 bits per heavy atom. The number of halogens is 1. The van der Waals surface area contributed by atoms with Gasteiger partial charge in [0.05, 0.1) is 12.1 Å². The van der Waals surface area contributed by atoms with Crippen molar-refractivity contribution in [2.24, 2.45) is 0 Å². The van der Waals surface area contributed by atoms with E-state index in [0.29, 0.717) is 18.8 Å². The number of benzene rings is 2. The molecule has 0 atom stereocenters. The fraction of sp³-hybridized carbons (Fsp3) is 0.320. The van der Waals surface area contributed by atoms with E-state index in [1.807, 2.05) is 66.6 Å². The topological polar surface area (TPSA) is 61.4 Å². The fourth-order valence-corrected chi connectivity index (χ4v) is 3.82. The molecule has 1 aromatic heterocycles. The Morgan fingerprint density at radius 1 is 1.00 bits per heavy atom. The van der Waals surface area contributed by atoms with Crippen molar-refractivity contribution in [3.8, 4) is 0 Å². The maximum Gasteiger partial charge on any atom is 0.227 e. The van der Waals surface area contributed by atoms with Crippen LogP contribution < -0.4 is 5.32 Å². The molecule has 1 fully saturated rings. The quantitative estimate of drug-likeness (QED) is 0.614. The van der Waals surface area contributed by atoms with Crippen LogP contribution in [0.3, 0.4) is 0 Å². The molecule has 1 N–H and O–H groups in total. The first-order valence-corrected chi connectivity index (χ1v) is 11.2. The Labute approximate surface area is 194 Å². The molecule has 1 aliphatic rings. The number of rotatable bonds is 6. The number of hydrogen-bond donors (Lipinski definition) is 1. The normalized spacial score (nSPS) is 14.4. The minimum Gasteiger partial charge on any atom is -0.340 e. The number of piperazine rings is 1. The number of hydrogen-bond acceptors (Lipinski definition) is 5. The lowest BCUT2D eigenvalue weighted by Crippen LogP contribution is -2.47. The molecule has 4 rings (SSSR count). The largest absolute Gasteiger partial charge is 0.340 e. The molecule has 6 nitrogen and oxygen atoms in total. The summed E-state index contributed by atoms with van der Waals surface area (Å²) in [5.41, 5.74) is 5.06. The number of nitrogens with zero attached hydrogens (tertiary/aromatic N) is 4. The Balaban J connectivity index is 1.37. The first-order valence-electron chi connectivity index (χ1n) is 10.9. The summed E-state index contributed by atoms with van der Waals surface area (Å²) in [6, 6.07) is 15.7. The van der Waals surface area contributed by atoms with Gasteiger partial charge in [0.2, 0.25) is 11.9 Å². The lowest BCUT2D eigenvalue weighted by atomic mass is 10.1. The molecular weight excluding hydrogens is 422 g/mol. The Morgan fingerprint density at radius 2 is 1.66 bits per heavy atom. The van der Waals surface area contributed by atoms with Gasteiger partial charge in [-0.2, -0.15) is 0 Å². The summed E-state index contributed by atoms with van der Waals surface area (Å²) < 4.78 is 0. The summed E-state index contributed by atoms with van der Waals surface area (Å²) in [7, 11) is 2.09. The second-order valence-electron chi connectivity index (χ2n) is 8.31. The van der Waals surface area contributed by atoms with Gasteiger partial charge in [-0.05, 0) is 54.9 Å². The highest BCUT2D eigenvalue weighted by Gasteiger charge is 2.19. The van der Waals surface area contributed by atoms with E-state index < -0.39 is 0 Å². The molecule has 32 heavy (non-hydrogen) atoms. The molecule has 0 saturated carbocycles. The van der Waals surface area contributed by atoms with E-state index in [-0.39, 0.29) is 5.91 Å². The molecule has 166 valence electrons. The van der Waals surface area contributed by atoms with Crippen molar-refractivity contribution in [2.75, 3.05) is 38.5 Å². The first-order chi connectivity index (χ1) is 15.5. The smallest absolute Gasteiger partial charge is 0.227 e. The predicted molar refractivity (Wildman–Crippen MR) is 129 cm³/mol. The number of carbonyl (C=O) groups excluding carboxylic acids is 1. The zero-order valence-electron chi connectivity index (χ0n) is 18.5. The SMILES string of the molecule is Cc1cnc(Nc2ccc(CC(=O)N3CCN(C)CC3)cc2)nc1Cc1ccc(Cl)cc1. The Bertz CT molecular complexity index is 1060. The molecule has 0 spiro atoms. The van der Waals surface area contributed by atoms with Crippen molar-refractivity contribution in [1.82, 2.24) is 19.8 Å². The van der Waals surface area contributed by atoms with Crippen molar-refractivity contribution >= 4 is 29.1 Å². The van der Waals surface area contributed by atoms with Crippen LogP contribution in [0.1, 0.15) is 22.4 Å². The summed E-state index contributed by atoms with van der Waals surface area (Å²) in [6.45, 7) is 5.49. The van der Waals surface area contributed by atoms with E-state index in [4.69, 9.17) is 16.6 Å². The molecule has 1 aliphatic heterocycles. The minimum absolute atomic E-state index is 0.188. The lowest BCUT2D eigenvalue weighted by Gasteiger charge is -2.32. The second kappa shape index (κ2) is 10.1. The average molecular weight is 450 g/mol. The zero-order chi connectivity index (χ0) is 22.5. The molecule has 0 radical (unpaired) electrons. The van der Waals surface area contributed by atoms with Crippen molar-refractivity contribution in [2.45, 2.75) is 19.8 Å². The number of carbonyl (C=O) groups is 1. The van der Waals surface area contributed by atoms with Crippen LogP contribution in [-0.2, 0) is 17.6 Å². The number of anilines is 2. The molecule has 0 unspecified atom stereocenters. The van der Waals surface area contributed by atoms with E-state index in [2.05, 4.69) is 22.2 Å². The fourth-order valence-electron chi connectivity index (χ4n) is 3.69. The highest BCUT2D eigenvalue weighted by atomic mass is 35.5. The third-order valence-electron chi connectivity index (χ3n) is 5.78. The highest BCUT2D eigenvalue weighted by Crippen LogP contribution is 2.19. The van der Waals surface area contributed by atoms with Crippen LogP contribution >= 0.6 is 11.6 Å². The standard InChI is InChI=1S/C25H28ClN5O/c1-18-17-27-25(29-23(18)15-19-3-7-21(26)8-4-19)28-22-9-5-20(6-10-22)16-24(32)31-13-11-30(2)12-14-31/h3-10,17H,11-16H2,1-2H3,(H,27,28,29). The van der Waals surface area contributed by atoms with Crippen LogP contribution in [0, 0.1) is 6.92 Å². The number of likely N-dealkylation sites (N-methyl/N-ethyl adjacent to an activating group) is 1. The zero-order valence-corrected chi connectivity index (χ0v) is 19.3. The number of aryl methyl sites for hydroxylation is 1. The van der Waals surface area contributed by atoms with E-state index >= 15 is 0 Å². The summed E-state index contributed by atoms with van der Waals surface area (Å²) in [5, 5.41) is 4.00. The summed E-state index contributed by atoms with van der Waals surface area (Å²) >= 11 is 5.99. The summed E-state index contributed by atoms with van der Waals surface area (Å²) in [5.74, 6) is 0.744. The maximum absolute atomic E-state index is 12.6. The van der Waals surface area contributed by atoms with E-state index in [1.165, 1.54) is 0 Å². The van der Waals surface area contributed by atoms with Crippen LogP contribution in [-0.4, -0.2) is 58.9 Å². The molecule has 3 aromatic rings. The van der Waals surface area contributed by atoms with Gasteiger partial charge in [0.25, 0.3) is 0 Å². The molecule has 2 aromatic carbocycles. The van der Waals surface area contributed by atoms with E-state index in [9.17, 15) is 4.79 Å². The summed E-state index contributed by atoms with van der Waals surface area (Å²) in [6.07, 6.45) is 2.98. The second-order valence-corrected chi connectivity index (χ2v) is 8.75. The molecule has 2 heterocycles. The monoisotopic (exact) mass is 449 g/mol. The van der Waals surface area contributed by atoms with Crippen LogP contribution in [0.2, 0.25) is 5.02 Å². The summed E-state index contributed by atoms with van der Waals surface area (Å²) in [4.78, 5) is 25.9. The van der Waals surface area contributed by atoms with Gasteiger partial charge in [-0.3, -0.25) is 4.79 Å². The maximum atomic E-state index is 12.6. The van der Waals surface area contributed by atoms with Gasteiger partial charge in [-0.25, -0.2) is 9.97 Å². The van der Waals surface area contributed by atoms with Crippen LogP contribution in [0.5, 0.6) is 0 Å². The molecule has 7 heteroatoms. The van der Waals surface area contributed by atoms with Gasteiger partial charge in [0, 0.05) is 49.5 Å². The number of amides is 1. The van der Waals surface area contributed by atoms with Gasteiger partial charge in [-0.15, -0.1) is 0 Å². The van der Waals surface area contributed by atoms with Gasteiger partial charge in [0.15, 0.2) is 0 Å². The Kier molecular flexibility index (Phi) is 7.02. The predicted octanol–water partition coefficient (Wildman–Crippen LogP) is 4.09. The van der Waals surface area contributed by atoms with Crippen molar-refractivity contribution in [3.05, 3.63) is 82.1 Å². The van der Waals surface area contributed by atoms with E-state index in [0.717, 1.165) is 59.3 Å². The first kappa shape index (κ1) is 22.2. The third kappa shape index (κ3) is 5.84. The Hall–Kier alpha value is -2.96. The van der Waals surface area contributed by atoms with Crippen molar-refractivity contribution in [3.63, 3.8) is 0 Å². The van der Waals surface area contributed by atoms with Gasteiger partial charge < -0.3 is 15.1 Å². The van der Waals surface area contributed by atoms with Crippen molar-refractivity contribution in [1.29, 1.82) is 0 Å². The third-order valence-corrected chi connectivity index (χ3v) is 6.03.